The fourth-order valence-electron chi connectivity index (χ4n) is 4.92. The SMILES string of the molecule is CC(C)C(=O)O[C@H]1C[C@@H](C)C=C2C=C[C@H](C)[C@H](CC[C@@H]3C[C@@H](O)CC(=O)O3)[C@H]21. The van der Waals surface area contributed by atoms with Gasteiger partial charge in [-0.3, -0.25) is 9.59 Å². The molecule has 3 aliphatic rings. The number of allylic oxidation sites excluding steroid dienone is 3. The normalized spacial score (nSPS) is 37.9. The first-order valence-electron chi connectivity index (χ1n) is 10.7. The number of aliphatic hydroxyl groups is 1. The molecule has 1 aliphatic heterocycles. The lowest BCUT2D eigenvalue weighted by atomic mass is 9.65. The number of aliphatic hydroxyl groups excluding tert-OH is 1. The molecule has 156 valence electrons. The number of carbonyl (C=O) groups excluding carboxylic acids is 2. The predicted molar refractivity (Wildman–Crippen MR) is 106 cm³/mol. The zero-order valence-electron chi connectivity index (χ0n) is 17.5. The number of hydrogen-bond donors (Lipinski definition) is 1. The van der Waals surface area contributed by atoms with Crippen LogP contribution in [0.5, 0.6) is 0 Å². The molecule has 0 radical (unpaired) electrons. The van der Waals surface area contributed by atoms with Crippen LogP contribution in [0.4, 0.5) is 0 Å². The van der Waals surface area contributed by atoms with Crippen LogP contribution in [0.2, 0.25) is 0 Å². The molecule has 0 aromatic heterocycles. The van der Waals surface area contributed by atoms with Gasteiger partial charge in [0, 0.05) is 12.3 Å². The first-order chi connectivity index (χ1) is 13.2. The van der Waals surface area contributed by atoms with Gasteiger partial charge in [-0.2, -0.15) is 0 Å². The maximum atomic E-state index is 12.3. The van der Waals surface area contributed by atoms with Crippen molar-refractivity contribution in [2.45, 2.75) is 78.1 Å². The minimum atomic E-state index is -0.597. The van der Waals surface area contributed by atoms with Gasteiger partial charge in [0.05, 0.1) is 18.4 Å². The number of hydrogen-bond acceptors (Lipinski definition) is 5. The number of cyclic esters (lactones) is 1. The third kappa shape index (κ3) is 4.86. The molecule has 1 saturated heterocycles. The lowest BCUT2D eigenvalue weighted by Crippen LogP contribution is -2.42. The van der Waals surface area contributed by atoms with Crippen molar-refractivity contribution in [2.24, 2.45) is 29.6 Å². The van der Waals surface area contributed by atoms with Gasteiger partial charge in [-0.25, -0.2) is 0 Å². The van der Waals surface area contributed by atoms with Crippen molar-refractivity contribution in [3.8, 4) is 0 Å². The van der Waals surface area contributed by atoms with Gasteiger partial charge in [0.15, 0.2) is 0 Å². The molecule has 0 aromatic rings. The van der Waals surface area contributed by atoms with E-state index in [2.05, 4.69) is 32.1 Å². The number of ether oxygens (including phenoxy) is 2. The number of rotatable bonds is 5. The van der Waals surface area contributed by atoms with Crippen molar-refractivity contribution in [3.63, 3.8) is 0 Å². The predicted octanol–water partition coefficient (Wildman–Crippen LogP) is 3.81. The third-order valence-corrected chi connectivity index (χ3v) is 6.39. The van der Waals surface area contributed by atoms with E-state index in [1.165, 1.54) is 5.57 Å². The number of carbonyl (C=O) groups is 2. The molecule has 0 spiro atoms. The third-order valence-electron chi connectivity index (χ3n) is 6.39. The second-order valence-corrected chi connectivity index (χ2v) is 9.20. The number of fused-ring (bicyclic) bond motifs is 1. The van der Waals surface area contributed by atoms with Crippen LogP contribution in [0.15, 0.2) is 23.8 Å². The standard InChI is InChI=1S/C23H34O5/c1-13(2)23(26)28-20-10-14(3)9-16-6-5-15(4)19(22(16)20)8-7-18-11-17(24)12-21(25)27-18/h5-6,9,13-15,17-20,22,24H,7-8,10-12H2,1-4H3/t14-,15-,17+,18+,19-,20-,22-/m0/s1. The quantitative estimate of drug-likeness (QED) is 0.723. The van der Waals surface area contributed by atoms with Gasteiger partial charge in [0.25, 0.3) is 0 Å². The molecular weight excluding hydrogens is 356 g/mol. The van der Waals surface area contributed by atoms with Crippen molar-refractivity contribution in [3.05, 3.63) is 23.8 Å². The fourth-order valence-corrected chi connectivity index (χ4v) is 4.92. The van der Waals surface area contributed by atoms with Crippen molar-refractivity contribution >= 4 is 11.9 Å². The van der Waals surface area contributed by atoms with Gasteiger partial charge in [0.1, 0.15) is 12.2 Å². The largest absolute Gasteiger partial charge is 0.462 e. The minimum absolute atomic E-state index is 0.0969. The van der Waals surface area contributed by atoms with Gasteiger partial charge in [-0.15, -0.1) is 0 Å². The van der Waals surface area contributed by atoms with Crippen molar-refractivity contribution < 1.29 is 24.2 Å². The van der Waals surface area contributed by atoms with Crippen LogP contribution in [0.3, 0.4) is 0 Å². The van der Waals surface area contributed by atoms with Crippen LogP contribution in [0.25, 0.3) is 0 Å². The van der Waals surface area contributed by atoms with E-state index >= 15 is 0 Å². The van der Waals surface area contributed by atoms with E-state index in [9.17, 15) is 14.7 Å². The van der Waals surface area contributed by atoms with Gasteiger partial charge < -0.3 is 14.6 Å². The Balaban J connectivity index is 1.74. The molecule has 5 nitrogen and oxygen atoms in total. The Morgan fingerprint density at radius 1 is 1.29 bits per heavy atom. The topological polar surface area (TPSA) is 72.8 Å². The summed E-state index contributed by atoms with van der Waals surface area (Å²) in [7, 11) is 0. The Labute approximate surface area is 168 Å². The summed E-state index contributed by atoms with van der Waals surface area (Å²) in [5.74, 6) is 0.668. The Bertz CT molecular complexity index is 649. The molecule has 3 rings (SSSR count). The van der Waals surface area contributed by atoms with Gasteiger partial charge in [-0.1, -0.05) is 45.9 Å². The summed E-state index contributed by atoms with van der Waals surface area (Å²) in [6.45, 7) is 8.12. The van der Waals surface area contributed by atoms with E-state index in [0.29, 0.717) is 24.2 Å². The molecule has 1 fully saturated rings. The zero-order valence-corrected chi connectivity index (χ0v) is 17.5. The summed E-state index contributed by atoms with van der Waals surface area (Å²) in [5, 5.41) is 9.87. The average molecular weight is 391 g/mol. The molecule has 1 N–H and O–H groups in total. The summed E-state index contributed by atoms with van der Waals surface area (Å²) >= 11 is 0. The van der Waals surface area contributed by atoms with E-state index in [-0.39, 0.29) is 42.4 Å². The number of esters is 2. The molecule has 28 heavy (non-hydrogen) atoms. The van der Waals surface area contributed by atoms with E-state index in [0.717, 1.165) is 19.3 Å². The molecule has 0 bridgehead atoms. The highest BCUT2D eigenvalue weighted by Crippen LogP contribution is 2.45. The van der Waals surface area contributed by atoms with Crippen molar-refractivity contribution in [1.82, 2.24) is 0 Å². The van der Waals surface area contributed by atoms with Crippen LogP contribution < -0.4 is 0 Å². The smallest absolute Gasteiger partial charge is 0.308 e. The van der Waals surface area contributed by atoms with Crippen molar-refractivity contribution in [1.29, 1.82) is 0 Å². The highest BCUT2D eigenvalue weighted by atomic mass is 16.5. The van der Waals surface area contributed by atoms with Gasteiger partial charge >= 0.3 is 11.9 Å². The molecule has 0 aromatic carbocycles. The van der Waals surface area contributed by atoms with Crippen LogP contribution >= 0.6 is 0 Å². The van der Waals surface area contributed by atoms with E-state index in [4.69, 9.17) is 9.47 Å². The monoisotopic (exact) mass is 390 g/mol. The van der Waals surface area contributed by atoms with E-state index < -0.39 is 6.10 Å². The lowest BCUT2D eigenvalue weighted by Gasteiger charge is -2.43. The van der Waals surface area contributed by atoms with Crippen LogP contribution in [-0.2, 0) is 19.1 Å². The summed E-state index contributed by atoms with van der Waals surface area (Å²) in [5.41, 5.74) is 1.27. The fraction of sp³-hybridized carbons (Fsp3) is 0.739. The summed E-state index contributed by atoms with van der Waals surface area (Å²) in [4.78, 5) is 24.0. The highest BCUT2D eigenvalue weighted by molar-refractivity contribution is 5.72. The maximum absolute atomic E-state index is 12.3. The first kappa shape index (κ1) is 21.1. The Morgan fingerprint density at radius 2 is 2.04 bits per heavy atom. The summed E-state index contributed by atoms with van der Waals surface area (Å²) in [6.07, 6.45) is 8.89. The second kappa shape index (κ2) is 8.81. The Hall–Kier alpha value is -1.62. The lowest BCUT2D eigenvalue weighted by molar-refractivity contribution is -0.162. The molecule has 0 unspecified atom stereocenters. The van der Waals surface area contributed by atoms with Gasteiger partial charge in [-0.05, 0) is 42.6 Å². The molecule has 5 heteroatoms. The average Bonchev–Trinajstić information content (AvgIpc) is 2.60. The zero-order chi connectivity index (χ0) is 20.4. The minimum Gasteiger partial charge on any atom is -0.462 e. The molecule has 0 saturated carbocycles. The summed E-state index contributed by atoms with van der Waals surface area (Å²) < 4.78 is 11.4. The molecule has 1 heterocycles. The van der Waals surface area contributed by atoms with Crippen LogP contribution in [-0.4, -0.2) is 35.4 Å². The highest BCUT2D eigenvalue weighted by Gasteiger charge is 2.42. The van der Waals surface area contributed by atoms with Crippen LogP contribution in [0, 0.1) is 29.6 Å². The van der Waals surface area contributed by atoms with E-state index in [1.54, 1.807) is 0 Å². The van der Waals surface area contributed by atoms with E-state index in [1.807, 2.05) is 13.8 Å². The molecule has 7 atom stereocenters. The molecule has 2 aliphatic carbocycles. The van der Waals surface area contributed by atoms with Gasteiger partial charge in [0.2, 0.25) is 0 Å². The van der Waals surface area contributed by atoms with Crippen LogP contribution in [0.1, 0.15) is 59.8 Å². The Kier molecular flexibility index (Phi) is 6.64. The molecular formula is C23H34O5. The second-order valence-electron chi connectivity index (χ2n) is 9.20. The molecule has 0 amide bonds. The summed E-state index contributed by atoms with van der Waals surface area (Å²) in [6, 6.07) is 0. The van der Waals surface area contributed by atoms with Crippen molar-refractivity contribution in [2.75, 3.05) is 0 Å². The maximum Gasteiger partial charge on any atom is 0.308 e. The first-order valence-corrected chi connectivity index (χ1v) is 10.7. The Morgan fingerprint density at radius 3 is 2.71 bits per heavy atom.